The highest BCUT2D eigenvalue weighted by Crippen LogP contribution is 2.37. The summed E-state index contributed by atoms with van der Waals surface area (Å²) in [6.07, 6.45) is 2.45. The summed E-state index contributed by atoms with van der Waals surface area (Å²) in [7, 11) is 0. The molecule has 0 saturated carbocycles. The van der Waals surface area contributed by atoms with Gasteiger partial charge in [0.15, 0.2) is 0 Å². The molecule has 1 unspecified atom stereocenters. The van der Waals surface area contributed by atoms with E-state index in [1.54, 1.807) is 0 Å². The van der Waals surface area contributed by atoms with Gasteiger partial charge in [-0.1, -0.05) is 37.6 Å². The second-order valence-electron chi connectivity index (χ2n) is 4.86. The van der Waals surface area contributed by atoms with Crippen LogP contribution in [0.4, 0.5) is 0 Å². The lowest BCUT2D eigenvalue weighted by molar-refractivity contribution is 0.170. The van der Waals surface area contributed by atoms with Gasteiger partial charge < -0.3 is 5.32 Å². The van der Waals surface area contributed by atoms with Crippen LogP contribution in [0.1, 0.15) is 32.3 Å². The summed E-state index contributed by atoms with van der Waals surface area (Å²) in [4.78, 5) is 0. The molecule has 1 atom stereocenters. The number of benzene rings is 1. The average Bonchev–Trinajstić information content (AvgIpc) is 2.13. The Kier molecular flexibility index (Phi) is 3.03. The molecule has 1 aliphatic heterocycles. The van der Waals surface area contributed by atoms with Gasteiger partial charge >= 0.3 is 0 Å². The molecule has 1 fully saturated rings. The molecule has 15 heavy (non-hydrogen) atoms. The predicted octanol–water partition coefficient (Wildman–Crippen LogP) is 3.57. The molecule has 0 spiro atoms. The largest absolute Gasteiger partial charge is 0.307 e. The fraction of sp³-hybridized carbons (Fsp3) is 0.538. The van der Waals surface area contributed by atoms with Crippen molar-refractivity contribution >= 4 is 11.6 Å². The van der Waals surface area contributed by atoms with Crippen molar-refractivity contribution in [2.24, 2.45) is 5.92 Å². The van der Waals surface area contributed by atoms with Crippen molar-refractivity contribution in [2.75, 3.05) is 6.54 Å². The molecule has 1 heterocycles. The minimum absolute atomic E-state index is 0.221. The van der Waals surface area contributed by atoms with Crippen molar-refractivity contribution in [2.45, 2.75) is 32.2 Å². The van der Waals surface area contributed by atoms with Gasteiger partial charge in [-0.25, -0.2) is 0 Å². The SMILES string of the molecule is CC(C)CC1(c2ccc(Cl)cc2)CCN1. The Balaban J connectivity index is 2.22. The van der Waals surface area contributed by atoms with Crippen LogP contribution in [-0.4, -0.2) is 6.54 Å². The molecule has 1 nitrogen and oxygen atoms in total. The van der Waals surface area contributed by atoms with Gasteiger partial charge in [0, 0.05) is 10.6 Å². The third-order valence-electron chi connectivity index (χ3n) is 3.17. The molecule has 1 N–H and O–H groups in total. The molecule has 82 valence electrons. The Morgan fingerprint density at radius 3 is 2.33 bits per heavy atom. The number of hydrogen-bond acceptors (Lipinski definition) is 1. The molecule has 1 aliphatic rings. The first-order chi connectivity index (χ1) is 7.12. The second-order valence-corrected chi connectivity index (χ2v) is 5.30. The van der Waals surface area contributed by atoms with E-state index in [2.05, 4.69) is 31.3 Å². The summed E-state index contributed by atoms with van der Waals surface area (Å²) >= 11 is 5.91. The first-order valence-corrected chi connectivity index (χ1v) is 6.01. The second kappa shape index (κ2) is 4.15. The lowest BCUT2D eigenvalue weighted by Crippen LogP contribution is -2.54. The highest BCUT2D eigenvalue weighted by Gasteiger charge is 2.38. The van der Waals surface area contributed by atoms with Crippen LogP contribution in [0, 0.1) is 5.92 Å². The van der Waals surface area contributed by atoms with Crippen LogP contribution in [0.3, 0.4) is 0 Å². The maximum absolute atomic E-state index is 5.91. The maximum Gasteiger partial charge on any atom is 0.0449 e. The van der Waals surface area contributed by atoms with E-state index in [-0.39, 0.29) is 5.54 Å². The molecular weight excluding hydrogens is 206 g/mol. The van der Waals surface area contributed by atoms with Crippen LogP contribution in [0.25, 0.3) is 0 Å². The Morgan fingerprint density at radius 2 is 1.93 bits per heavy atom. The first-order valence-electron chi connectivity index (χ1n) is 5.63. The van der Waals surface area contributed by atoms with Crippen LogP contribution < -0.4 is 5.32 Å². The lowest BCUT2D eigenvalue weighted by Gasteiger charge is -2.45. The van der Waals surface area contributed by atoms with Crippen LogP contribution in [-0.2, 0) is 5.54 Å². The van der Waals surface area contributed by atoms with Crippen molar-refractivity contribution in [3.05, 3.63) is 34.9 Å². The zero-order chi connectivity index (χ0) is 10.9. The van der Waals surface area contributed by atoms with E-state index in [0.717, 1.165) is 11.6 Å². The van der Waals surface area contributed by atoms with Gasteiger partial charge in [-0.2, -0.15) is 0 Å². The first kappa shape index (κ1) is 11.0. The lowest BCUT2D eigenvalue weighted by atomic mass is 9.75. The molecule has 2 rings (SSSR count). The van der Waals surface area contributed by atoms with E-state index in [0.29, 0.717) is 5.92 Å². The van der Waals surface area contributed by atoms with E-state index in [9.17, 15) is 0 Å². The van der Waals surface area contributed by atoms with Gasteiger partial charge in [0.05, 0.1) is 0 Å². The molecule has 0 aromatic heterocycles. The minimum Gasteiger partial charge on any atom is -0.307 e. The van der Waals surface area contributed by atoms with Crippen molar-refractivity contribution < 1.29 is 0 Å². The van der Waals surface area contributed by atoms with Crippen LogP contribution >= 0.6 is 11.6 Å². The summed E-state index contributed by atoms with van der Waals surface area (Å²) in [5.41, 5.74) is 1.60. The van der Waals surface area contributed by atoms with Gasteiger partial charge in [0.2, 0.25) is 0 Å². The molecule has 0 amide bonds. The number of nitrogens with one attached hydrogen (secondary N) is 1. The zero-order valence-electron chi connectivity index (χ0n) is 9.39. The summed E-state index contributed by atoms with van der Waals surface area (Å²) in [6, 6.07) is 8.27. The van der Waals surface area contributed by atoms with Gasteiger partial charge in [-0.05, 0) is 43.0 Å². The molecule has 1 saturated heterocycles. The van der Waals surface area contributed by atoms with E-state index >= 15 is 0 Å². The van der Waals surface area contributed by atoms with E-state index in [1.165, 1.54) is 18.4 Å². The number of rotatable bonds is 3. The average molecular weight is 224 g/mol. The standard InChI is InChI=1S/C13H18ClN/c1-10(2)9-13(7-8-15-13)11-3-5-12(14)6-4-11/h3-6,10,15H,7-9H2,1-2H3. The molecule has 0 aliphatic carbocycles. The van der Waals surface area contributed by atoms with Crippen LogP contribution in [0.15, 0.2) is 24.3 Å². The van der Waals surface area contributed by atoms with E-state index < -0.39 is 0 Å². The highest BCUT2D eigenvalue weighted by atomic mass is 35.5. The Bertz CT molecular complexity index is 325. The van der Waals surface area contributed by atoms with Crippen molar-refractivity contribution in [3.63, 3.8) is 0 Å². The molecule has 1 aromatic rings. The Morgan fingerprint density at radius 1 is 1.33 bits per heavy atom. The number of halogens is 1. The minimum atomic E-state index is 0.221. The Labute approximate surface area is 96.8 Å². The Hall–Kier alpha value is -0.530. The molecule has 0 bridgehead atoms. The maximum atomic E-state index is 5.91. The van der Waals surface area contributed by atoms with Crippen molar-refractivity contribution in [1.82, 2.24) is 5.32 Å². The van der Waals surface area contributed by atoms with Crippen molar-refractivity contribution in [1.29, 1.82) is 0 Å². The van der Waals surface area contributed by atoms with E-state index in [1.807, 2.05) is 12.1 Å². The van der Waals surface area contributed by atoms with E-state index in [4.69, 9.17) is 11.6 Å². The third-order valence-corrected chi connectivity index (χ3v) is 3.42. The summed E-state index contributed by atoms with van der Waals surface area (Å²) in [5, 5.41) is 4.40. The van der Waals surface area contributed by atoms with Crippen molar-refractivity contribution in [3.8, 4) is 0 Å². The zero-order valence-corrected chi connectivity index (χ0v) is 10.1. The fourth-order valence-corrected chi connectivity index (χ4v) is 2.56. The molecule has 0 radical (unpaired) electrons. The molecular formula is C13H18ClN. The fourth-order valence-electron chi connectivity index (χ4n) is 2.43. The predicted molar refractivity (Wildman–Crippen MR) is 65.2 cm³/mol. The summed E-state index contributed by atoms with van der Waals surface area (Å²) in [5.74, 6) is 0.716. The molecule has 1 aromatic carbocycles. The number of hydrogen-bond donors (Lipinski definition) is 1. The van der Waals surface area contributed by atoms with Gasteiger partial charge in [0.1, 0.15) is 0 Å². The highest BCUT2D eigenvalue weighted by molar-refractivity contribution is 6.30. The van der Waals surface area contributed by atoms with Crippen LogP contribution in [0.2, 0.25) is 5.02 Å². The monoisotopic (exact) mass is 223 g/mol. The summed E-state index contributed by atoms with van der Waals surface area (Å²) in [6.45, 7) is 5.69. The van der Waals surface area contributed by atoms with Gasteiger partial charge in [-0.15, -0.1) is 0 Å². The van der Waals surface area contributed by atoms with Gasteiger partial charge in [-0.3, -0.25) is 0 Å². The quantitative estimate of drug-likeness (QED) is 0.826. The summed E-state index contributed by atoms with van der Waals surface area (Å²) < 4.78 is 0. The topological polar surface area (TPSA) is 12.0 Å². The third kappa shape index (κ3) is 2.19. The van der Waals surface area contributed by atoms with Gasteiger partial charge in [0.25, 0.3) is 0 Å². The normalized spacial score (nSPS) is 25.3. The van der Waals surface area contributed by atoms with Crippen LogP contribution in [0.5, 0.6) is 0 Å². The smallest absolute Gasteiger partial charge is 0.0449 e. The molecule has 2 heteroatoms.